The molecular formula is C12H21NO. The standard InChI is InChI=1S/C12H21NO/c1-10(2)6-7-11(3)13(5)9-8-12(4)14/h6-7,12,14H,1,3,8-9H2,2,4-5H3/b7-6-. The van der Waals surface area contributed by atoms with Crippen LogP contribution >= 0.6 is 0 Å². The Balaban J connectivity index is 3.93. The summed E-state index contributed by atoms with van der Waals surface area (Å²) in [6.07, 6.45) is 4.37. The van der Waals surface area contributed by atoms with Gasteiger partial charge in [0.2, 0.25) is 0 Å². The molecule has 14 heavy (non-hydrogen) atoms. The summed E-state index contributed by atoms with van der Waals surface area (Å²) < 4.78 is 0. The van der Waals surface area contributed by atoms with Gasteiger partial charge < -0.3 is 10.0 Å². The molecule has 0 amide bonds. The summed E-state index contributed by atoms with van der Waals surface area (Å²) in [5.74, 6) is 0. The zero-order chi connectivity index (χ0) is 11.1. The second-order valence-electron chi connectivity index (χ2n) is 3.73. The lowest BCUT2D eigenvalue weighted by Crippen LogP contribution is -2.20. The highest BCUT2D eigenvalue weighted by molar-refractivity contribution is 5.21. The maximum absolute atomic E-state index is 9.11. The summed E-state index contributed by atoms with van der Waals surface area (Å²) in [7, 11) is 1.97. The van der Waals surface area contributed by atoms with E-state index in [-0.39, 0.29) is 6.10 Å². The molecule has 0 rings (SSSR count). The molecule has 0 heterocycles. The van der Waals surface area contributed by atoms with Crippen molar-refractivity contribution in [3.05, 3.63) is 36.6 Å². The fourth-order valence-electron chi connectivity index (χ4n) is 0.890. The number of aliphatic hydroxyl groups is 1. The van der Waals surface area contributed by atoms with Crippen molar-refractivity contribution in [2.75, 3.05) is 13.6 Å². The van der Waals surface area contributed by atoms with E-state index in [9.17, 15) is 0 Å². The highest BCUT2D eigenvalue weighted by Gasteiger charge is 2.01. The maximum Gasteiger partial charge on any atom is 0.0528 e. The van der Waals surface area contributed by atoms with E-state index in [1.54, 1.807) is 6.92 Å². The lowest BCUT2D eigenvalue weighted by atomic mass is 10.2. The van der Waals surface area contributed by atoms with E-state index in [1.807, 2.05) is 31.0 Å². The molecule has 1 N–H and O–H groups in total. The lowest BCUT2D eigenvalue weighted by Gasteiger charge is -2.20. The lowest BCUT2D eigenvalue weighted by molar-refractivity contribution is 0.172. The second-order valence-corrected chi connectivity index (χ2v) is 3.73. The van der Waals surface area contributed by atoms with E-state index in [2.05, 4.69) is 13.2 Å². The molecule has 80 valence electrons. The van der Waals surface area contributed by atoms with Gasteiger partial charge in [-0.2, -0.15) is 0 Å². The van der Waals surface area contributed by atoms with Crippen LogP contribution in [-0.4, -0.2) is 29.7 Å². The van der Waals surface area contributed by atoms with E-state index in [1.165, 1.54) is 0 Å². The van der Waals surface area contributed by atoms with Crippen molar-refractivity contribution in [3.63, 3.8) is 0 Å². The molecule has 0 aromatic heterocycles. The van der Waals surface area contributed by atoms with Crippen molar-refractivity contribution in [1.82, 2.24) is 4.90 Å². The largest absolute Gasteiger partial charge is 0.393 e. The van der Waals surface area contributed by atoms with Crippen LogP contribution in [0.2, 0.25) is 0 Å². The van der Waals surface area contributed by atoms with E-state index in [4.69, 9.17) is 5.11 Å². The molecule has 0 bridgehead atoms. The molecule has 0 saturated heterocycles. The third-order valence-corrected chi connectivity index (χ3v) is 1.93. The van der Waals surface area contributed by atoms with Gasteiger partial charge in [-0.15, -0.1) is 0 Å². The highest BCUT2D eigenvalue weighted by atomic mass is 16.3. The highest BCUT2D eigenvalue weighted by Crippen LogP contribution is 2.04. The van der Waals surface area contributed by atoms with E-state index in [0.29, 0.717) is 0 Å². The zero-order valence-electron chi connectivity index (χ0n) is 9.45. The SMILES string of the molecule is C=C(C)/C=C\C(=C)N(C)CCC(C)O. The van der Waals surface area contributed by atoms with E-state index >= 15 is 0 Å². The molecule has 0 fully saturated rings. The monoisotopic (exact) mass is 195 g/mol. The van der Waals surface area contributed by atoms with Crippen molar-refractivity contribution in [2.24, 2.45) is 0 Å². The van der Waals surface area contributed by atoms with Gasteiger partial charge in [0.05, 0.1) is 6.10 Å². The fraction of sp³-hybridized carbons (Fsp3) is 0.500. The fourth-order valence-corrected chi connectivity index (χ4v) is 0.890. The number of likely N-dealkylation sites (N-methyl/N-ethyl adjacent to an activating group) is 1. The van der Waals surface area contributed by atoms with Gasteiger partial charge in [0.15, 0.2) is 0 Å². The van der Waals surface area contributed by atoms with Crippen LogP contribution in [0.3, 0.4) is 0 Å². The average Bonchev–Trinajstić information content (AvgIpc) is 2.09. The zero-order valence-corrected chi connectivity index (χ0v) is 9.45. The minimum atomic E-state index is -0.254. The van der Waals surface area contributed by atoms with Gasteiger partial charge in [-0.25, -0.2) is 0 Å². The Morgan fingerprint density at radius 2 is 2.00 bits per heavy atom. The molecular weight excluding hydrogens is 174 g/mol. The minimum Gasteiger partial charge on any atom is -0.393 e. The molecule has 0 aromatic rings. The molecule has 0 aliphatic heterocycles. The first-order chi connectivity index (χ1) is 6.43. The van der Waals surface area contributed by atoms with Gasteiger partial charge >= 0.3 is 0 Å². The average molecular weight is 195 g/mol. The Labute approximate surface area is 87.2 Å². The number of rotatable bonds is 6. The Bertz CT molecular complexity index is 228. The normalized spacial score (nSPS) is 12.9. The van der Waals surface area contributed by atoms with Gasteiger partial charge in [0.1, 0.15) is 0 Å². The molecule has 0 aromatic carbocycles. The van der Waals surface area contributed by atoms with Gasteiger partial charge in [-0.3, -0.25) is 0 Å². The van der Waals surface area contributed by atoms with Gasteiger partial charge in [0, 0.05) is 19.3 Å². The van der Waals surface area contributed by atoms with Crippen LogP contribution in [-0.2, 0) is 0 Å². The molecule has 0 aliphatic rings. The maximum atomic E-state index is 9.11. The molecule has 1 atom stereocenters. The molecule has 0 saturated carbocycles. The second kappa shape index (κ2) is 6.44. The van der Waals surface area contributed by atoms with Crippen molar-refractivity contribution in [3.8, 4) is 0 Å². The Morgan fingerprint density at radius 1 is 1.43 bits per heavy atom. The minimum absolute atomic E-state index is 0.254. The van der Waals surface area contributed by atoms with Crippen LogP contribution in [0.1, 0.15) is 20.3 Å². The third kappa shape index (κ3) is 6.49. The van der Waals surface area contributed by atoms with Gasteiger partial charge in [-0.1, -0.05) is 24.8 Å². The van der Waals surface area contributed by atoms with Crippen molar-refractivity contribution in [2.45, 2.75) is 26.4 Å². The predicted molar refractivity (Wildman–Crippen MR) is 62.0 cm³/mol. The summed E-state index contributed by atoms with van der Waals surface area (Å²) in [5, 5.41) is 9.11. The number of allylic oxidation sites excluding steroid dienone is 3. The number of nitrogens with zero attached hydrogens (tertiary/aromatic N) is 1. The van der Waals surface area contributed by atoms with Crippen LogP contribution in [0, 0.1) is 0 Å². The first-order valence-corrected chi connectivity index (χ1v) is 4.85. The summed E-state index contributed by atoms with van der Waals surface area (Å²) in [5.41, 5.74) is 1.95. The number of hydrogen-bond acceptors (Lipinski definition) is 2. The number of hydrogen-bond donors (Lipinski definition) is 1. The topological polar surface area (TPSA) is 23.5 Å². The summed E-state index contributed by atoms with van der Waals surface area (Å²) in [4.78, 5) is 2.02. The molecule has 2 nitrogen and oxygen atoms in total. The van der Waals surface area contributed by atoms with Crippen LogP contribution in [0.5, 0.6) is 0 Å². The molecule has 0 radical (unpaired) electrons. The Hall–Kier alpha value is -1.02. The first kappa shape index (κ1) is 13.0. The number of aliphatic hydroxyl groups excluding tert-OH is 1. The molecule has 0 aliphatic carbocycles. The van der Waals surface area contributed by atoms with Gasteiger partial charge in [-0.05, 0) is 26.3 Å². The van der Waals surface area contributed by atoms with Crippen LogP contribution < -0.4 is 0 Å². The summed E-state index contributed by atoms with van der Waals surface area (Å²) >= 11 is 0. The predicted octanol–water partition coefficient (Wildman–Crippen LogP) is 2.34. The first-order valence-electron chi connectivity index (χ1n) is 4.85. The van der Waals surface area contributed by atoms with Crippen LogP contribution in [0.4, 0.5) is 0 Å². The third-order valence-electron chi connectivity index (χ3n) is 1.93. The molecule has 2 heteroatoms. The molecule has 0 spiro atoms. The van der Waals surface area contributed by atoms with Gasteiger partial charge in [0.25, 0.3) is 0 Å². The van der Waals surface area contributed by atoms with E-state index in [0.717, 1.165) is 24.2 Å². The smallest absolute Gasteiger partial charge is 0.0528 e. The Kier molecular flexibility index (Phi) is 5.97. The van der Waals surface area contributed by atoms with Crippen molar-refractivity contribution >= 4 is 0 Å². The summed E-state index contributed by atoms with van der Waals surface area (Å²) in [6.45, 7) is 12.2. The Morgan fingerprint density at radius 3 is 2.43 bits per heavy atom. The van der Waals surface area contributed by atoms with Crippen molar-refractivity contribution in [1.29, 1.82) is 0 Å². The van der Waals surface area contributed by atoms with Crippen molar-refractivity contribution < 1.29 is 5.11 Å². The summed E-state index contributed by atoms with van der Waals surface area (Å²) in [6, 6.07) is 0. The quantitative estimate of drug-likeness (QED) is 0.658. The van der Waals surface area contributed by atoms with Crippen LogP contribution in [0.25, 0.3) is 0 Å². The van der Waals surface area contributed by atoms with E-state index < -0.39 is 0 Å². The van der Waals surface area contributed by atoms with Crippen LogP contribution in [0.15, 0.2) is 36.6 Å². The molecule has 1 unspecified atom stereocenters.